The number of hydrogen-bond donors (Lipinski definition) is 6. The molecule has 5 atom stereocenters. The quantitative estimate of drug-likeness (QED) is 0.325. The number of nitrogens with zero attached hydrogens (tertiary/aromatic N) is 1. The molecule has 21 heavy (non-hydrogen) atoms. The van der Waals surface area contributed by atoms with Crippen LogP contribution in [0.3, 0.4) is 0 Å². The molecule has 1 aliphatic rings. The van der Waals surface area contributed by atoms with Crippen molar-refractivity contribution in [1.29, 1.82) is 0 Å². The van der Waals surface area contributed by atoms with E-state index in [4.69, 9.17) is 9.84 Å². The van der Waals surface area contributed by atoms with Gasteiger partial charge in [0.25, 0.3) is 5.91 Å². The van der Waals surface area contributed by atoms with Gasteiger partial charge in [0.2, 0.25) is 0 Å². The lowest BCUT2D eigenvalue weighted by Crippen LogP contribution is -2.64. The van der Waals surface area contributed by atoms with Gasteiger partial charge < -0.3 is 25.2 Å². The van der Waals surface area contributed by atoms with Gasteiger partial charge in [0.15, 0.2) is 6.23 Å². The summed E-state index contributed by atoms with van der Waals surface area (Å²) in [5.74, 6) is -0.514. The van der Waals surface area contributed by atoms with E-state index in [1.54, 1.807) is 6.07 Å². The zero-order valence-electron chi connectivity index (χ0n) is 11.0. The molecule has 0 bridgehead atoms. The second-order valence-electron chi connectivity index (χ2n) is 4.59. The van der Waals surface area contributed by atoms with Crippen molar-refractivity contribution < 1.29 is 30.0 Å². The van der Waals surface area contributed by atoms with Gasteiger partial charge in [0.1, 0.15) is 24.4 Å². The lowest BCUT2D eigenvalue weighted by molar-refractivity contribution is -0.238. The van der Waals surface area contributed by atoms with Crippen LogP contribution >= 0.6 is 0 Å². The smallest absolute Gasteiger partial charge is 0.267 e. The highest BCUT2D eigenvalue weighted by atomic mass is 16.6. The number of pyridine rings is 1. The van der Waals surface area contributed by atoms with Crippen molar-refractivity contribution in [3.05, 3.63) is 30.1 Å². The molecular weight excluding hydrogens is 282 g/mol. The summed E-state index contributed by atoms with van der Waals surface area (Å²) in [5, 5.41) is 38.0. The second kappa shape index (κ2) is 6.89. The SMILES string of the molecule is O=C(NN[C@@H]1O[C@@H](CO)[C@@H](O)[C@@H](O)[C@H]1O)c1cccnc1. The largest absolute Gasteiger partial charge is 0.394 e. The summed E-state index contributed by atoms with van der Waals surface area (Å²) in [6, 6.07) is 3.13. The monoisotopic (exact) mass is 299 g/mol. The molecular formula is C12H17N3O6. The third-order valence-electron chi connectivity index (χ3n) is 3.14. The number of rotatable bonds is 4. The molecule has 1 aromatic heterocycles. The maximum atomic E-state index is 11.8. The number of carbonyl (C=O) groups excluding carboxylic acids is 1. The molecule has 116 valence electrons. The van der Waals surface area contributed by atoms with Gasteiger partial charge in [-0.3, -0.25) is 15.2 Å². The molecule has 1 aromatic rings. The zero-order valence-corrected chi connectivity index (χ0v) is 11.0. The number of amides is 1. The Labute approximate surface area is 120 Å². The molecule has 0 aromatic carbocycles. The van der Waals surface area contributed by atoms with Gasteiger partial charge in [0.05, 0.1) is 12.2 Å². The summed E-state index contributed by atoms with van der Waals surface area (Å²) in [5.41, 5.74) is 4.98. The van der Waals surface area contributed by atoms with Crippen molar-refractivity contribution in [2.24, 2.45) is 0 Å². The Balaban J connectivity index is 1.94. The number of hydrogen-bond acceptors (Lipinski definition) is 8. The van der Waals surface area contributed by atoms with Gasteiger partial charge in [0, 0.05) is 12.4 Å². The zero-order chi connectivity index (χ0) is 15.4. The lowest BCUT2D eigenvalue weighted by atomic mass is 9.99. The Morgan fingerprint density at radius 1 is 1.29 bits per heavy atom. The average molecular weight is 299 g/mol. The first-order chi connectivity index (χ1) is 10.0. The van der Waals surface area contributed by atoms with Gasteiger partial charge in [-0.2, -0.15) is 0 Å². The summed E-state index contributed by atoms with van der Waals surface area (Å²) in [4.78, 5) is 15.6. The van der Waals surface area contributed by atoms with E-state index >= 15 is 0 Å². The third kappa shape index (κ3) is 3.53. The highest BCUT2D eigenvalue weighted by Gasteiger charge is 2.43. The Morgan fingerprint density at radius 2 is 2.05 bits per heavy atom. The predicted molar refractivity (Wildman–Crippen MR) is 68.6 cm³/mol. The maximum Gasteiger partial charge on any atom is 0.267 e. The van der Waals surface area contributed by atoms with Crippen LogP contribution < -0.4 is 10.9 Å². The van der Waals surface area contributed by atoms with Crippen molar-refractivity contribution in [3.63, 3.8) is 0 Å². The van der Waals surface area contributed by atoms with Crippen LogP contribution in [0.25, 0.3) is 0 Å². The summed E-state index contributed by atoms with van der Waals surface area (Å²) in [7, 11) is 0. The van der Waals surface area contributed by atoms with Crippen LogP contribution in [-0.4, -0.2) is 68.6 Å². The highest BCUT2D eigenvalue weighted by molar-refractivity contribution is 5.93. The van der Waals surface area contributed by atoms with Gasteiger partial charge in [-0.25, -0.2) is 5.43 Å². The second-order valence-corrected chi connectivity index (χ2v) is 4.59. The van der Waals surface area contributed by atoms with Crippen LogP contribution in [-0.2, 0) is 4.74 Å². The summed E-state index contributed by atoms with van der Waals surface area (Å²) < 4.78 is 5.17. The van der Waals surface area contributed by atoms with E-state index in [-0.39, 0.29) is 5.56 Å². The van der Waals surface area contributed by atoms with Gasteiger partial charge in [-0.15, -0.1) is 0 Å². The van der Waals surface area contributed by atoms with Gasteiger partial charge >= 0.3 is 0 Å². The molecule has 0 unspecified atom stereocenters. The molecule has 1 aliphatic heterocycles. The minimum atomic E-state index is -1.51. The van der Waals surface area contributed by atoms with Crippen LogP contribution in [0.5, 0.6) is 0 Å². The van der Waals surface area contributed by atoms with Crippen molar-refractivity contribution in [1.82, 2.24) is 15.8 Å². The van der Waals surface area contributed by atoms with E-state index in [9.17, 15) is 20.1 Å². The van der Waals surface area contributed by atoms with Crippen LogP contribution in [0.2, 0.25) is 0 Å². The molecule has 9 nitrogen and oxygen atoms in total. The topological polar surface area (TPSA) is 144 Å². The molecule has 0 radical (unpaired) electrons. The predicted octanol–water partition coefficient (Wildman–Crippen LogP) is -2.88. The Morgan fingerprint density at radius 3 is 2.67 bits per heavy atom. The van der Waals surface area contributed by atoms with E-state index in [0.29, 0.717) is 0 Å². The first-order valence-corrected chi connectivity index (χ1v) is 6.31. The minimum Gasteiger partial charge on any atom is -0.394 e. The molecule has 9 heteroatoms. The Bertz CT molecular complexity index is 471. The number of aliphatic hydroxyl groups is 4. The van der Waals surface area contributed by atoms with Crippen LogP contribution in [0.4, 0.5) is 0 Å². The first kappa shape index (κ1) is 15.8. The first-order valence-electron chi connectivity index (χ1n) is 6.31. The molecule has 0 aliphatic carbocycles. The minimum absolute atomic E-state index is 0.287. The molecule has 2 rings (SSSR count). The maximum absolute atomic E-state index is 11.8. The normalized spacial score (nSPS) is 32.7. The lowest BCUT2D eigenvalue weighted by Gasteiger charge is -2.40. The number of aromatic nitrogens is 1. The molecule has 6 N–H and O–H groups in total. The molecule has 1 saturated heterocycles. The van der Waals surface area contributed by atoms with E-state index < -0.39 is 43.2 Å². The van der Waals surface area contributed by atoms with E-state index in [0.717, 1.165) is 0 Å². The van der Waals surface area contributed by atoms with Crippen molar-refractivity contribution in [2.45, 2.75) is 30.6 Å². The van der Waals surface area contributed by atoms with Crippen molar-refractivity contribution >= 4 is 5.91 Å². The highest BCUT2D eigenvalue weighted by Crippen LogP contribution is 2.19. The van der Waals surface area contributed by atoms with Crippen molar-refractivity contribution in [3.8, 4) is 0 Å². The fourth-order valence-electron chi connectivity index (χ4n) is 1.93. The van der Waals surface area contributed by atoms with E-state index in [1.807, 2.05) is 0 Å². The molecule has 0 saturated carbocycles. The number of hydrazine groups is 1. The van der Waals surface area contributed by atoms with Crippen molar-refractivity contribution in [2.75, 3.05) is 6.61 Å². The summed E-state index contributed by atoms with van der Waals surface area (Å²) >= 11 is 0. The fraction of sp³-hybridized carbons (Fsp3) is 0.500. The van der Waals surface area contributed by atoms with E-state index in [1.165, 1.54) is 18.5 Å². The Hall–Kier alpha value is -1.62. The number of ether oxygens (including phenoxy) is 1. The molecule has 1 fully saturated rings. The van der Waals surface area contributed by atoms with E-state index in [2.05, 4.69) is 15.8 Å². The van der Waals surface area contributed by atoms with Gasteiger partial charge in [-0.05, 0) is 12.1 Å². The number of carbonyl (C=O) groups is 1. The average Bonchev–Trinajstić information content (AvgIpc) is 2.52. The molecule has 2 heterocycles. The summed E-state index contributed by atoms with van der Waals surface area (Å²) in [6.45, 7) is -0.542. The number of nitrogens with one attached hydrogen (secondary N) is 2. The molecule has 1 amide bonds. The fourth-order valence-corrected chi connectivity index (χ4v) is 1.93. The number of aliphatic hydroxyl groups excluding tert-OH is 4. The van der Waals surface area contributed by atoms with Crippen LogP contribution in [0.15, 0.2) is 24.5 Å². The standard InChI is InChI=1S/C12H17N3O6/c16-5-7-8(17)9(18)10(19)12(21-7)15-14-11(20)6-2-1-3-13-4-6/h1-4,7-10,12,15-19H,5H2,(H,14,20)/t7-,8+,9+,10+,12+/m0/s1. The van der Waals surface area contributed by atoms with Crippen LogP contribution in [0.1, 0.15) is 10.4 Å². The van der Waals surface area contributed by atoms with Gasteiger partial charge in [-0.1, -0.05) is 0 Å². The Kier molecular flexibility index (Phi) is 5.17. The third-order valence-corrected chi connectivity index (χ3v) is 3.14. The summed E-state index contributed by atoms with van der Waals surface area (Å²) in [6.07, 6.45) is -3.79. The molecule has 0 spiro atoms. The van der Waals surface area contributed by atoms with Crippen LogP contribution in [0, 0.1) is 0 Å².